The summed E-state index contributed by atoms with van der Waals surface area (Å²) in [5, 5.41) is 0. The number of Topliss-reactive ketones (excluding diaryl/α,β-unsaturated/α-hetero) is 1. The van der Waals surface area contributed by atoms with E-state index in [9.17, 15) is 18.0 Å². The van der Waals surface area contributed by atoms with Gasteiger partial charge in [0.05, 0.1) is 4.90 Å². The lowest BCUT2D eigenvalue weighted by Crippen LogP contribution is -2.48. The molecule has 1 saturated heterocycles. The quantitative estimate of drug-likeness (QED) is 0.368. The second kappa shape index (κ2) is 9.90. The van der Waals surface area contributed by atoms with Crippen LogP contribution in [0.4, 0.5) is 0 Å². The SMILES string of the molecule is CC(=O)c1ccc(S(=O)(=O)N2CCCCC2C(=O)OCc2nc(-c3ccccc3)oc2C)cc1. The fraction of sp³-hybridized carbons (Fsp3) is 0.320. The predicted molar refractivity (Wildman–Crippen MR) is 124 cm³/mol. The van der Waals surface area contributed by atoms with Crippen LogP contribution >= 0.6 is 0 Å². The van der Waals surface area contributed by atoms with E-state index >= 15 is 0 Å². The summed E-state index contributed by atoms with van der Waals surface area (Å²) >= 11 is 0. The molecule has 1 unspecified atom stereocenters. The van der Waals surface area contributed by atoms with E-state index in [1.165, 1.54) is 35.5 Å². The van der Waals surface area contributed by atoms with Crippen LogP contribution in [-0.4, -0.2) is 42.0 Å². The highest BCUT2D eigenvalue weighted by Crippen LogP contribution is 2.27. The molecule has 1 fully saturated rings. The number of ether oxygens (including phenoxy) is 1. The fourth-order valence-corrected chi connectivity index (χ4v) is 5.57. The number of aromatic nitrogens is 1. The standard InChI is InChI=1S/C25H26N2O6S/c1-17(28)19-11-13-21(14-12-19)34(30,31)27-15-7-6-10-23(27)25(29)32-16-22-18(2)33-24(26-22)20-8-4-3-5-9-20/h3-5,8-9,11-14,23H,6-7,10,15-16H2,1-2H3. The Labute approximate surface area is 198 Å². The highest BCUT2D eigenvalue weighted by atomic mass is 32.2. The number of ketones is 1. The number of nitrogens with zero attached hydrogens (tertiary/aromatic N) is 2. The van der Waals surface area contributed by atoms with Crippen LogP contribution in [0.1, 0.15) is 48.0 Å². The second-order valence-corrected chi connectivity index (χ2v) is 10.1. The highest BCUT2D eigenvalue weighted by Gasteiger charge is 2.38. The zero-order chi connectivity index (χ0) is 24.3. The molecule has 4 rings (SSSR count). The van der Waals surface area contributed by atoms with E-state index in [2.05, 4.69) is 4.98 Å². The number of piperidine rings is 1. The first kappa shape index (κ1) is 23.8. The highest BCUT2D eigenvalue weighted by molar-refractivity contribution is 7.89. The average molecular weight is 483 g/mol. The summed E-state index contributed by atoms with van der Waals surface area (Å²) < 4.78 is 39.0. The number of carbonyl (C=O) groups is 2. The Morgan fingerprint density at radius 1 is 1.09 bits per heavy atom. The van der Waals surface area contributed by atoms with Crippen LogP contribution in [0.15, 0.2) is 63.9 Å². The van der Waals surface area contributed by atoms with E-state index in [1.54, 1.807) is 6.92 Å². The van der Waals surface area contributed by atoms with Crippen molar-refractivity contribution in [2.24, 2.45) is 0 Å². The van der Waals surface area contributed by atoms with Gasteiger partial charge < -0.3 is 9.15 Å². The number of esters is 1. The molecule has 9 heteroatoms. The lowest BCUT2D eigenvalue weighted by Gasteiger charge is -2.33. The lowest BCUT2D eigenvalue weighted by molar-refractivity contribution is -0.150. The van der Waals surface area contributed by atoms with Gasteiger partial charge in [0.25, 0.3) is 0 Å². The van der Waals surface area contributed by atoms with Crippen molar-refractivity contribution >= 4 is 21.8 Å². The van der Waals surface area contributed by atoms with E-state index in [1.807, 2.05) is 30.3 Å². The summed E-state index contributed by atoms with van der Waals surface area (Å²) in [4.78, 5) is 28.9. The van der Waals surface area contributed by atoms with Gasteiger partial charge in [-0.05, 0) is 57.4 Å². The molecule has 2 aromatic carbocycles. The molecule has 0 saturated carbocycles. The van der Waals surface area contributed by atoms with Crippen molar-refractivity contribution in [2.45, 2.75) is 50.7 Å². The molecule has 0 N–H and O–H groups in total. The minimum absolute atomic E-state index is 0.0389. The normalized spacial score (nSPS) is 16.8. The first-order valence-corrected chi connectivity index (χ1v) is 12.5. The van der Waals surface area contributed by atoms with Gasteiger partial charge in [0, 0.05) is 17.7 Å². The van der Waals surface area contributed by atoms with E-state index in [4.69, 9.17) is 9.15 Å². The largest absolute Gasteiger partial charge is 0.458 e. The Kier molecular flexibility index (Phi) is 6.95. The molecular weight excluding hydrogens is 456 g/mol. The summed E-state index contributed by atoms with van der Waals surface area (Å²) in [5.41, 5.74) is 1.71. The number of rotatable bonds is 7. The van der Waals surface area contributed by atoms with Crippen molar-refractivity contribution in [3.63, 3.8) is 0 Å². The molecule has 1 atom stereocenters. The monoisotopic (exact) mass is 482 g/mol. The van der Waals surface area contributed by atoms with Crippen LogP contribution in [-0.2, 0) is 26.2 Å². The average Bonchev–Trinajstić information content (AvgIpc) is 3.23. The van der Waals surface area contributed by atoms with E-state index in [-0.39, 0.29) is 23.8 Å². The molecule has 1 aromatic heterocycles. The molecule has 1 aliphatic heterocycles. The molecule has 0 spiro atoms. The maximum atomic E-state index is 13.3. The first-order valence-electron chi connectivity index (χ1n) is 11.1. The number of hydrogen-bond acceptors (Lipinski definition) is 7. The number of oxazole rings is 1. The van der Waals surface area contributed by atoms with Gasteiger partial charge in [-0.15, -0.1) is 0 Å². The molecule has 0 bridgehead atoms. The maximum absolute atomic E-state index is 13.3. The van der Waals surface area contributed by atoms with Crippen LogP contribution in [0, 0.1) is 6.92 Å². The molecule has 1 aliphatic rings. The van der Waals surface area contributed by atoms with Gasteiger partial charge in [0.2, 0.25) is 15.9 Å². The summed E-state index contributed by atoms with van der Waals surface area (Å²) in [6.07, 6.45) is 1.74. The summed E-state index contributed by atoms with van der Waals surface area (Å²) in [6, 6.07) is 14.2. The van der Waals surface area contributed by atoms with Crippen LogP contribution in [0.25, 0.3) is 11.5 Å². The Bertz CT molecular complexity index is 1280. The van der Waals surface area contributed by atoms with Crippen molar-refractivity contribution in [1.82, 2.24) is 9.29 Å². The van der Waals surface area contributed by atoms with E-state index in [0.717, 1.165) is 12.0 Å². The van der Waals surface area contributed by atoms with Gasteiger partial charge in [-0.25, -0.2) is 13.4 Å². The van der Waals surface area contributed by atoms with Crippen LogP contribution in [0.5, 0.6) is 0 Å². The van der Waals surface area contributed by atoms with E-state index < -0.39 is 22.0 Å². The Morgan fingerprint density at radius 3 is 2.47 bits per heavy atom. The van der Waals surface area contributed by atoms with Crippen LogP contribution in [0.3, 0.4) is 0 Å². The van der Waals surface area contributed by atoms with Gasteiger partial charge in [0.1, 0.15) is 24.1 Å². The molecule has 0 radical (unpaired) electrons. The summed E-state index contributed by atoms with van der Waals surface area (Å²) in [7, 11) is -3.93. The number of benzene rings is 2. The third-order valence-electron chi connectivity index (χ3n) is 5.86. The predicted octanol–water partition coefficient (Wildman–Crippen LogP) is 4.14. The van der Waals surface area contributed by atoms with Gasteiger partial charge in [-0.1, -0.05) is 30.3 Å². The molecule has 2 heterocycles. The fourth-order valence-electron chi connectivity index (χ4n) is 3.93. The number of aryl methyl sites for hydroxylation is 1. The Morgan fingerprint density at radius 2 is 1.79 bits per heavy atom. The molecule has 178 valence electrons. The first-order chi connectivity index (χ1) is 16.3. The Balaban J connectivity index is 1.49. The van der Waals surface area contributed by atoms with Gasteiger partial charge >= 0.3 is 5.97 Å². The van der Waals surface area contributed by atoms with Gasteiger partial charge in [0.15, 0.2) is 5.78 Å². The third-order valence-corrected chi connectivity index (χ3v) is 7.78. The van der Waals surface area contributed by atoms with Crippen molar-refractivity contribution in [3.05, 3.63) is 71.6 Å². The molecule has 3 aromatic rings. The molecular formula is C25H26N2O6S. The maximum Gasteiger partial charge on any atom is 0.324 e. The lowest BCUT2D eigenvalue weighted by atomic mass is 10.1. The van der Waals surface area contributed by atoms with Crippen molar-refractivity contribution in [3.8, 4) is 11.5 Å². The van der Waals surface area contributed by atoms with Crippen molar-refractivity contribution < 1.29 is 27.2 Å². The molecule has 34 heavy (non-hydrogen) atoms. The van der Waals surface area contributed by atoms with Crippen molar-refractivity contribution in [2.75, 3.05) is 6.54 Å². The van der Waals surface area contributed by atoms with Crippen LogP contribution < -0.4 is 0 Å². The van der Waals surface area contributed by atoms with Gasteiger partial charge in [-0.3, -0.25) is 9.59 Å². The second-order valence-electron chi connectivity index (χ2n) is 8.20. The summed E-state index contributed by atoms with van der Waals surface area (Å²) in [6.45, 7) is 3.26. The summed E-state index contributed by atoms with van der Waals surface area (Å²) in [5.74, 6) is 0.194. The van der Waals surface area contributed by atoms with Crippen molar-refractivity contribution in [1.29, 1.82) is 0 Å². The number of hydrogen-bond donors (Lipinski definition) is 0. The van der Waals surface area contributed by atoms with Gasteiger partial charge in [-0.2, -0.15) is 4.31 Å². The zero-order valence-electron chi connectivity index (χ0n) is 19.1. The van der Waals surface area contributed by atoms with E-state index in [0.29, 0.717) is 35.7 Å². The zero-order valence-corrected chi connectivity index (χ0v) is 19.9. The molecule has 0 amide bonds. The molecule has 0 aliphatic carbocycles. The number of sulfonamides is 1. The smallest absolute Gasteiger partial charge is 0.324 e. The topological polar surface area (TPSA) is 107 Å². The number of carbonyl (C=O) groups excluding carboxylic acids is 2. The molecule has 8 nitrogen and oxygen atoms in total. The Hall–Kier alpha value is -3.30. The minimum atomic E-state index is -3.93. The third kappa shape index (κ3) is 4.95. The minimum Gasteiger partial charge on any atom is -0.458 e. The van der Waals surface area contributed by atoms with Crippen LogP contribution in [0.2, 0.25) is 0 Å².